The van der Waals surface area contributed by atoms with Crippen LogP contribution in [0.3, 0.4) is 0 Å². The van der Waals surface area contributed by atoms with Crippen molar-refractivity contribution in [2.45, 2.75) is 31.8 Å². The van der Waals surface area contributed by atoms with Crippen LogP contribution in [0.2, 0.25) is 10.0 Å². The van der Waals surface area contributed by atoms with E-state index in [1.807, 2.05) is 79.1 Å². The molecule has 3 aromatic carbocycles. The summed E-state index contributed by atoms with van der Waals surface area (Å²) in [4.78, 5) is 41.0. The molecule has 1 saturated heterocycles. The average molecular weight is 677 g/mol. The number of aromatic amines is 1. The van der Waals surface area contributed by atoms with Gasteiger partial charge < -0.3 is 25.1 Å². The molecule has 240 valence electrons. The van der Waals surface area contributed by atoms with E-state index in [1.165, 1.54) is 0 Å². The summed E-state index contributed by atoms with van der Waals surface area (Å²) in [5.41, 5.74) is 7.93. The summed E-state index contributed by atoms with van der Waals surface area (Å²) in [5.74, 6) is -0.323. The van der Waals surface area contributed by atoms with Gasteiger partial charge in [-0.1, -0.05) is 65.7 Å². The number of hydrogen-bond acceptors (Lipinski definition) is 5. The summed E-state index contributed by atoms with van der Waals surface area (Å²) >= 11 is 13.0. The largest absolute Gasteiger partial charge is 0.370 e. The molecule has 3 N–H and O–H groups in total. The lowest BCUT2D eigenvalue weighted by atomic mass is 9.88. The number of nitrogens with one attached hydrogen (secondary N) is 3. The number of amides is 2. The highest BCUT2D eigenvalue weighted by atomic mass is 35.5. The number of aromatic nitrogens is 4. The number of anilines is 2. The fourth-order valence-electron chi connectivity index (χ4n) is 7.19. The van der Waals surface area contributed by atoms with Crippen LogP contribution in [0.15, 0.2) is 91.5 Å². The van der Waals surface area contributed by atoms with Crippen LogP contribution < -0.4 is 15.5 Å². The standard InChI is InChI=1S/C37H31Cl2N7O2/c1-21(47)42-26-12-15-45(16-13-26)30-11-14-40-19-29(30)44-37(48)34-32-31-27(17-25(39)18-28(31)43-34)35(23-7-9-24(38)10-8-23)46-20-41-33(36(32)46)22-5-3-2-4-6-22/h2-11,14,17-20,26,35,43H,12-13,15-16H2,1H3,(H,42,47)(H,44,48). The van der Waals surface area contributed by atoms with Gasteiger partial charge in [0.2, 0.25) is 5.91 Å². The van der Waals surface area contributed by atoms with Gasteiger partial charge in [-0.05, 0) is 54.3 Å². The smallest absolute Gasteiger partial charge is 0.272 e. The Balaban J connectivity index is 1.25. The van der Waals surface area contributed by atoms with Crippen molar-refractivity contribution >= 4 is 57.3 Å². The molecule has 0 bridgehead atoms. The number of rotatable bonds is 6. The fourth-order valence-corrected chi connectivity index (χ4v) is 7.55. The number of nitrogens with zero attached hydrogens (tertiary/aromatic N) is 4. The molecule has 0 spiro atoms. The van der Waals surface area contributed by atoms with Gasteiger partial charge in [0, 0.05) is 64.3 Å². The molecular weight excluding hydrogens is 645 g/mol. The lowest BCUT2D eigenvalue weighted by Gasteiger charge is -2.34. The zero-order chi connectivity index (χ0) is 32.9. The maximum atomic E-state index is 14.4. The molecule has 6 aromatic rings. The first-order valence-corrected chi connectivity index (χ1v) is 16.6. The molecule has 5 heterocycles. The predicted octanol–water partition coefficient (Wildman–Crippen LogP) is 7.71. The van der Waals surface area contributed by atoms with E-state index in [9.17, 15) is 9.59 Å². The van der Waals surface area contributed by atoms with Crippen LogP contribution in [0.1, 0.15) is 47.4 Å². The zero-order valence-corrected chi connectivity index (χ0v) is 27.5. The number of benzene rings is 3. The normalized spacial score (nSPS) is 15.7. The second-order valence-electron chi connectivity index (χ2n) is 12.3. The van der Waals surface area contributed by atoms with Crippen molar-refractivity contribution in [2.75, 3.05) is 23.3 Å². The van der Waals surface area contributed by atoms with Gasteiger partial charge in [0.1, 0.15) is 5.69 Å². The van der Waals surface area contributed by atoms with Crippen molar-refractivity contribution in [3.8, 4) is 22.5 Å². The molecule has 48 heavy (non-hydrogen) atoms. The molecule has 2 amide bonds. The quantitative estimate of drug-likeness (QED) is 0.167. The maximum Gasteiger partial charge on any atom is 0.272 e. The summed E-state index contributed by atoms with van der Waals surface area (Å²) in [6.45, 7) is 3.02. The molecule has 1 unspecified atom stereocenters. The molecule has 0 saturated carbocycles. The molecule has 0 aliphatic carbocycles. The SMILES string of the molecule is CC(=O)NC1CCN(c2ccncc2NC(=O)c2[nH]c3cc(Cl)cc4c3c2-c2c(-c3ccccc3)ncn2C4c2ccc(Cl)cc2)CC1. The molecule has 2 aliphatic rings. The Morgan fingerprint density at radius 2 is 1.73 bits per heavy atom. The number of piperidine rings is 1. The first kappa shape index (κ1) is 30.2. The zero-order valence-electron chi connectivity index (χ0n) is 26.0. The van der Waals surface area contributed by atoms with Gasteiger partial charge in [-0.2, -0.15) is 0 Å². The van der Waals surface area contributed by atoms with Crippen LogP contribution in [0.4, 0.5) is 11.4 Å². The van der Waals surface area contributed by atoms with Crippen LogP contribution in [0, 0.1) is 0 Å². The van der Waals surface area contributed by atoms with E-state index in [0.717, 1.165) is 76.2 Å². The number of carbonyl (C=O) groups excluding carboxylic acids is 2. The van der Waals surface area contributed by atoms with E-state index in [4.69, 9.17) is 28.2 Å². The highest BCUT2D eigenvalue weighted by Gasteiger charge is 2.36. The minimum absolute atomic E-state index is 0.0201. The van der Waals surface area contributed by atoms with Crippen LogP contribution >= 0.6 is 23.2 Å². The number of halogens is 2. The van der Waals surface area contributed by atoms with Crippen molar-refractivity contribution < 1.29 is 9.59 Å². The monoisotopic (exact) mass is 675 g/mol. The summed E-state index contributed by atoms with van der Waals surface area (Å²) in [6.07, 6.45) is 6.87. The van der Waals surface area contributed by atoms with Crippen LogP contribution in [-0.2, 0) is 4.79 Å². The number of fused-ring (bicyclic) bond motifs is 2. The molecule has 11 heteroatoms. The van der Waals surface area contributed by atoms with Gasteiger partial charge in [0.05, 0.1) is 41.3 Å². The Labute approximate surface area is 286 Å². The number of imidazole rings is 1. The van der Waals surface area contributed by atoms with Gasteiger partial charge in [-0.3, -0.25) is 14.6 Å². The third-order valence-electron chi connectivity index (χ3n) is 9.25. The highest BCUT2D eigenvalue weighted by molar-refractivity contribution is 6.32. The Hall–Kier alpha value is -5.12. The van der Waals surface area contributed by atoms with Gasteiger partial charge >= 0.3 is 0 Å². The van der Waals surface area contributed by atoms with Gasteiger partial charge in [-0.25, -0.2) is 4.98 Å². The maximum absolute atomic E-state index is 14.4. The van der Waals surface area contributed by atoms with Gasteiger partial charge in [0.25, 0.3) is 5.91 Å². The van der Waals surface area contributed by atoms with Crippen LogP contribution in [-0.4, -0.2) is 50.5 Å². The van der Waals surface area contributed by atoms with E-state index in [1.54, 1.807) is 19.3 Å². The summed E-state index contributed by atoms with van der Waals surface area (Å²) in [6, 6.07) is 23.4. The molecule has 1 fully saturated rings. The number of hydrogen-bond donors (Lipinski definition) is 3. The van der Waals surface area contributed by atoms with E-state index in [0.29, 0.717) is 21.4 Å². The Morgan fingerprint density at radius 3 is 2.48 bits per heavy atom. The minimum atomic E-state index is -0.303. The first-order chi connectivity index (χ1) is 23.4. The second kappa shape index (κ2) is 12.2. The lowest BCUT2D eigenvalue weighted by molar-refractivity contribution is -0.119. The molecule has 0 radical (unpaired) electrons. The molecule has 3 aromatic heterocycles. The third-order valence-corrected chi connectivity index (χ3v) is 9.72. The number of pyridine rings is 1. The van der Waals surface area contributed by atoms with Crippen molar-refractivity contribution in [1.82, 2.24) is 24.8 Å². The van der Waals surface area contributed by atoms with Crippen LogP contribution in [0.5, 0.6) is 0 Å². The number of H-pyrrole nitrogens is 1. The fraction of sp³-hybridized carbons (Fsp3) is 0.189. The van der Waals surface area contributed by atoms with Crippen molar-refractivity contribution in [2.24, 2.45) is 0 Å². The van der Waals surface area contributed by atoms with Crippen LogP contribution in [0.25, 0.3) is 33.4 Å². The van der Waals surface area contributed by atoms with Gasteiger partial charge in [-0.15, -0.1) is 0 Å². The summed E-state index contributed by atoms with van der Waals surface area (Å²) < 4.78 is 2.12. The molecule has 2 aliphatic heterocycles. The van der Waals surface area contributed by atoms with E-state index >= 15 is 0 Å². The minimum Gasteiger partial charge on any atom is -0.370 e. The van der Waals surface area contributed by atoms with E-state index < -0.39 is 0 Å². The summed E-state index contributed by atoms with van der Waals surface area (Å²) in [5, 5.41) is 8.32. The second-order valence-corrected chi connectivity index (χ2v) is 13.1. The van der Waals surface area contributed by atoms with Crippen molar-refractivity contribution in [3.63, 3.8) is 0 Å². The first-order valence-electron chi connectivity index (χ1n) is 15.9. The average Bonchev–Trinajstić information content (AvgIpc) is 3.69. The molecule has 8 rings (SSSR count). The third kappa shape index (κ3) is 5.29. The van der Waals surface area contributed by atoms with Crippen molar-refractivity contribution in [1.29, 1.82) is 0 Å². The molecular formula is C37H31Cl2N7O2. The summed E-state index contributed by atoms with van der Waals surface area (Å²) in [7, 11) is 0. The Morgan fingerprint density at radius 1 is 0.958 bits per heavy atom. The van der Waals surface area contributed by atoms with Crippen molar-refractivity contribution in [3.05, 3.63) is 118 Å². The topological polar surface area (TPSA) is 108 Å². The van der Waals surface area contributed by atoms with E-state index in [-0.39, 0.29) is 23.9 Å². The highest BCUT2D eigenvalue weighted by Crippen LogP contribution is 2.50. The number of carbonyl (C=O) groups is 2. The van der Waals surface area contributed by atoms with Gasteiger partial charge in [0.15, 0.2) is 0 Å². The Kier molecular flexibility index (Phi) is 7.66. The lowest BCUT2D eigenvalue weighted by Crippen LogP contribution is -2.44. The predicted molar refractivity (Wildman–Crippen MR) is 190 cm³/mol. The Bertz CT molecular complexity index is 2190. The van der Waals surface area contributed by atoms with E-state index in [2.05, 4.69) is 30.1 Å². The molecule has 9 nitrogen and oxygen atoms in total. The molecule has 1 atom stereocenters.